The number of halogens is 3. The zero-order valence-electron chi connectivity index (χ0n) is 21.8. The number of nitrogens with one attached hydrogen (secondary N) is 1. The monoisotopic (exact) mass is 684 g/mol. The Hall–Kier alpha value is -2.51. The first-order valence-corrected chi connectivity index (χ1v) is 15.9. The van der Waals surface area contributed by atoms with Crippen molar-refractivity contribution in [2.45, 2.75) is 45.2 Å². The number of nitrogens with two attached hydrogens (primary N) is 1. The van der Waals surface area contributed by atoms with Gasteiger partial charge in [-0.1, -0.05) is 24.3 Å². The van der Waals surface area contributed by atoms with Crippen LogP contribution >= 0.6 is 23.5 Å². The first kappa shape index (κ1) is 36.7. The van der Waals surface area contributed by atoms with Gasteiger partial charge in [-0.2, -0.15) is 26.8 Å². The van der Waals surface area contributed by atoms with Gasteiger partial charge in [0.05, 0.1) is 19.3 Å². The Bertz CT molecular complexity index is 1460. The van der Waals surface area contributed by atoms with Crippen LogP contribution in [0.4, 0.5) is 19.0 Å². The molecule has 242 valence electrons. The fourth-order valence-corrected chi connectivity index (χ4v) is 6.22. The van der Waals surface area contributed by atoms with Crippen molar-refractivity contribution in [2.75, 3.05) is 12.3 Å². The van der Waals surface area contributed by atoms with Gasteiger partial charge in [-0.3, -0.25) is 18.4 Å². The number of rotatable bonds is 16. The summed E-state index contributed by atoms with van der Waals surface area (Å²) in [4.78, 5) is 55.2. The third-order valence-corrected chi connectivity index (χ3v) is 9.04. The van der Waals surface area contributed by atoms with E-state index in [-0.39, 0.29) is 16.9 Å². The number of alkyl halides is 3. The van der Waals surface area contributed by atoms with Crippen LogP contribution in [0.5, 0.6) is 0 Å². The Morgan fingerprint density at radius 1 is 1.02 bits per heavy atom. The van der Waals surface area contributed by atoms with E-state index >= 15 is 0 Å². The molecular formula is C19H26F3N4O14P3. The molecule has 18 nitrogen and oxygen atoms in total. The maximum atomic E-state index is 12.2. The van der Waals surface area contributed by atoms with E-state index in [0.717, 1.165) is 4.57 Å². The lowest BCUT2D eigenvalue weighted by Gasteiger charge is -2.23. The number of amides is 1. The van der Waals surface area contributed by atoms with Crippen LogP contribution in [-0.2, 0) is 60.8 Å². The molecule has 0 saturated carbocycles. The van der Waals surface area contributed by atoms with Crippen molar-refractivity contribution in [3.8, 4) is 0 Å². The van der Waals surface area contributed by atoms with E-state index in [4.69, 9.17) is 10.5 Å². The summed E-state index contributed by atoms with van der Waals surface area (Å²) in [5.74, 6) is -2.23. The first-order valence-electron chi connectivity index (χ1n) is 11.4. The van der Waals surface area contributed by atoms with Gasteiger partial charge in [0.15, 0.2) is 0 Å². The Balaban J connectivity index is 1.88. The van der Waals surface area contributed by atoms with Crippen molar-refractivity contribution in [3.05, 3.63) is 58.1 Å². The second kappa shape index (κ2) is 15.0. The maximum Gasteiger partial charge on any atom is 0.490 e. The smallest absolute Gasteiger partial charge is 0.391 e. The van der Waals surface area contributed by atoms with Gasteiger partial charge in [0.1, 0.15) is 18.7 Å². The zero-order valence-corrected chi connectivity index (χ0v) is 24.4. The second-order valence-electron chi connectivity index (χ2n) is 8.31. The number of carbonyl (C=O) groups is 1. The summed E-state index contributed by atoms with van der Waals surface area (Å²) in [5, 5.41) is 11.5. The number of aliphatic hydroxyl groups excluding tert-OH is 1. The Labute approximate surface area is 240 Å². The summed E-state index contributed by atoms with van der Waals surface area (Å²) in [6.45, 7) is -1.53. The molecule has 5 atom stereocenters. The standard InChI is InChI=1S/C19H26F3N4O14P3/c1-12(27)15(36-11-26-7-6-16(23)25-18(26)29)10-38-42(32,33)40-43(34,35)39-41(30,31)37-9-14-4-2-13(3-5-14)8-24-17(28)19(20,21)22/h2-7,12,15,27H,8-11H2,1H3,(H,24,28)(H,30,31)(H,32,33)(H,34,35)(H2,23,25,29)/t12?,15-/m1/s1. The number of benzene rings is 1. The van der Waals surface area contributed by atoms with E-state index in [9.17, 15) is 56.2 Å². The van der Waals surface area contributed by atoms with E-state index in [2.05, 4.69) is 22.7 Å². The van der Waals surface area contributed by atoms with Crippen molar-refractivity contribution in [3.63, 3.8) is 0 Å². The van der Waals surface area contributed by atoms with E-state index in [0.29, 0.717) is 0 Å². The highest BCUT2D eigenvalue weighted by molar-refractivity contribution is 7.66. The molecule has 24 heteroatoms. The molecule has 2 rings (SSSR count). The number of nitrogen functional groups attached to an aromatic ring is 1. The Morgan fingerprint density at radius 2 is 1.58 bits per heavy atom. The largest absolute Gasteiger partial charge is 0.490 e. The number of nitrogens with zero attached hydrogens (tertiary/aromatic N) is 2. The highest BCUT2D eigenvalue weighted by Gasteiger charge is 2.42. The topological polar surface area (TPSA) is 268 Å². The fourth-order valence-electron chi connectivity index (χ4n) is 2.73. The van der Waals surface area contributed by atoms with Gasteiger partial charge in [-0.05, 0) is 24.1 Å². The number of hydrogen-bond donors (Lipinski definition) is 6. The molecule has 1 aromatic carbocycles. The van der Waals surface area contributed by atoms with Crippen molar-refractivity contribution in [1.82, 2.24) is 14.9 Å². The molecule has 0 aliphatic heterocycles. The average molecular weight is 684 g/mol. The molecular weight excluding hydrogens is 658 g/mol. The maximum absolute atomic E-state index is 12.2. The zero-order chi connectivity index (χ0) is 32.6. The van der Waals surface area contributed by atoms with Gasteiger partial charge in [0, 0.05) is 12.7 Å². The van der Waals surface area contributed by atoms with E-state index in [1.54, 1.807) is 5.32 Å². The molecule has 43 heavy (non-hydrogen) atoms. The van der Waals surface area contributed by atoms with Crippen LogP contribution in [0.15, 0.2) is 41.3 Å². The Morgan fingerprint density at radius 3 is 2.12 bits per heavy atom. The molecule has 1 amide bonds. The molecule has 0 fully saturated rings. The summed E-state index contributed by atoms with van der Waals surface area (Å²) in [7, 11) is -16.8. The number of phosphoric ester groups is 2. The molecule has 0 aliphatic rings. The minimum atomic E-state index is -5.83. The van der Waals surface area contributed by atoms with E-state index in [1.165, 1.54) is 43.5 Å². The van der Waals surface area contributed by atoms with Crippen molar-refractivity contribution >= 4 is 35.2 Å². The fraction of sp³-hybridized carbons (Fsp3) is 0.421. The summed E-state index contributed by atoms with van der Waals surface area (Å²) in [5.41, 5.74) is 4.88. The van der Waals surface area contributed by atoms with Gasteiger partial charge >= 0.3 is 41.2 Å². The van der Waals surface area contributed by atoms with Gasteiger partial charge in [-0.15, -0.1) is 0 Å². The lowest BCUT2D eigenvalue weighted by atomic mass is 10.1. The van der Waals surface area contributed by atoms with Crippen LogP contribution in [0.2, 0.25) is 0 Å². The van der Waals surface area contributed by atoms with Crippen molar-refractivity contribution in [1.29, 1.82) is 0 Å². The number of aromatic nitrogens is 2. The van der Waals surface area contributed by atoms with E-state index < -0.39 is 79.9 Å². The summed E-state index contributed by atoms with van der Waals surface area (Å²) in [6, 6.07) is 6.20. The first-order chi connectivity index (χ1) is 19.7. The second-order valence-corrected chi connectivity index (χ2v) is 12.9. The van der Waals surface area contributed by atoms with Gasteiger partial charge in [0.25, 0.3) is 0 Å². The summed E-state index contributed by atoms with van der Waals surface area (Å²) < 4.78 is 96.1. The quantitative estimate of drug-likeness (QED) is 0.136. The number of hydrogen-bond acceptors (Lipinski definition) is 13. The summed E-state index contributed by atoms with van der Waals surface area (Å²) in [6.07, 6.45) is -6.66. The molecule has 1 heterocycles. The van der Waals surface area contributed by atoms with Crippen LogP contribution in [-0.4, -0.2) is 60.2 Å². The third kappa shape index (κ3) is 13.3. The molecule has 0 bridgehead atoms. The number of ether oxygens (including phenoxy) is 1. The molecule has 0 saturated heterocycles. The number of anilines is 1. The molecule has 7 N–H and O–H groups in total. The lowest BCUT2D eigenvalue weighted by Crippen LogP contribution is -2.36. The van der Waals surface area contributed by atoms with Crippen LogP contribution in [0.1, 0.15) is 18.1 Å². The van der Waals surface area contributed by atoms with Gasteiger partial charge in [-0.25, -0.2) is 18.5 Å². The molecule has 4 unspecified atom stereocenters. The summed E-state index contributed by atoms with van der Waals surface area (Å²) >= 11 is 0. The third-order valence-electron chi connectivity index (χ3n) is 4.80. The highest BCUT2D eigenvalue weighted by atomic mass is 31.3. The average Bonchev–Trinajstić information content (AvgIpc) is 2.85. The minimum Gasteiger partial charge on any atom is -0.391 e. The van der Waals surface area contributed by atoms with Gasteiger partial charge < -0.3 is 35.6 Å². The Kier molecular flexibility index (Phi) is 12.8. The SMILES string of the molecule is CC(O)[C@@H](COP(=O)(O)OP(=O)(O)OP(=O)(O)OCc1ccc(CNC(=O)C(F)(F)F)cc1)OCn1ccc(N)nc1=O. The molecule has 1 aromatic heterocycles. The van der Waals surface area contributed by atoms with Gasteiger partial charge in [0.2, 0.25) is 0 Å². The molecule has 0 aliphatic carbocycles. The van der Waals surface area contributed by atoms with E-state index in [1.807, 2.05) is 0 Å². The van der Waals surface area contributed by atoms with Crippen molar-refractivity contribution in [2.24, 2.45) is 0 Å². The molecule has 0 radical (unpaired) electrons. The lowest BCUT2D eigenvalue weighted by molar-refractivity contribution is -0.173. The highest BCUT2D eigenvalue weighted by Crippen LogP contribution is 2.67. The van der Waals surface area contributed by atoms with Crippen LogP contribution in [0, 0.1) is 0 Å². The van der Waals surface area contributed by atoms with Crippen molar-refractivity contribution < 1.29 is 73.9 Å². The minimum absolute atomic E-state index is 0.0732. The number of aliphatic hydroxyl groups is 1. The molecule has 0 spiro atoms. The predicted octanol–water partition coefficient (Wildman–Crippen LogP) is 1.30. The van der Waals surface area contributed by atoms with Crippen LogP contribution in [0.3, 0.4) is 0 Å². The number of carbonyl (C=O) groups excluding carboxylic acids is 1. The normalized spacial score (nSPS) is 17.7. The predicted molar refractivity (Wildman–Crippen MR) is 136 cm³/mol. The van der Waals surface area contributed by atoms with Crippen LogP contribution < -0.4 is 16.7 Å². The van der Waals surface area contributed by atoms with Crippen LogP contribution in [0.25, 0.3) is 0 Å². The number of phosphoric acid groups is 3. The molecule has 2 aromatic rings.